The van der Waals surface area contributed by atoms with Crippen molar-refractivity contribution in [2.24, 2.45) is 5.10 Å². The molecule has 0 aliphatic carbocycles. The molecule has 0 radical (unpaired) electrons. The van der Waals surface area contributed by atoms with Gasteiger partial charge in [0.1, 0.15) is 5.76 Å². The first-order chi connectivity index (χ1) is 14.1. The summed E-state index contributed by atoms with van der Waals surface area (Å²) in [5, 5.41) is 12.5. The second-order valence-corrected chi connectivity index (χ2v) is 7.67. The molecule has 0 saturated heterocycles. The zero-order valence-electron chi connectivity index (χ0n) is 15.9. The summed E-state index contributed by atoms with van der Waals surface area (Å²) >= 11 is 0. The normalized spacial score (nSPS) is 11.7. The Hall–Kier alpha value is -3.70. The van der Waals surface area contributed by atoms with Crippen molar-refractivity contribution < 1.29 is 32.1 Å². The molecule has 10 nitrogen and oxygen atoms in total. The summed E-state index contributed by atoms with van der Waals surface area (Å²) in [6, 6.07) is 10.1. The summed E-state index contributed by atoms with van der Waals surface area (Å²) in [4.78, 5) is 24.0. The molecule has 0 spiro atoms. The lowest BCUT2D eigenvalue weighted by atomic mass is 10.1. The van der Waals surface area contributed by atoms with E-state index in [4.69, 9.17) is 8.97 Å². The number of hydrogen-bond acceptors (Lipinski definition) is 6. The molecule has 0 saturated carbocycles. The van der Waals surface area contributed by atoms with Gasteiger partial charge in [-0.2, -0.15) is 13.5 Å². The number of nitrogens with one attached hydrogen (secondary N) is 1. The van der Waals surface area contributed by atoms with Gasteiger partial charge in [-0.3, -0.25) is 9.35 Å². The SMILES string of the molecule is Cc1ccc(C)n1-c1cc(C(=O)N/N=C/c2ccc(S(=O)(=O)O)o2)ccc1C(=O)O. The molecule has 156 valence electrons. The molecule has 1 amide bonds. The van der Waals surface area contributed by atoms with Gasteiger partial charge in [0.2, 0.25) is 5.09 Å². The Bertz CT molecular complexity index is 1250. The molecule has 1 aromatic carbocycles. The van der Waals surface area contributed by atoms with Crippen LogP contribution in [0.25, 0.3) is 5.69 Å². The van der Waals surface area contributed by atoms with Crippen molar-refractivity contribution in [3.63, 3.8) is 0 Å². The number of carboxylic acids is 1. The summed E-state index contributed by atoms with van der Waals surface area (Å²) in [5.41, 5.74) is 4.39. The highest BCUT2D eigenvalue weighted by Gasteiger charge is 2.18. The minimum absolute atomic E-state index is 0.0107. The number of amides is 1. The highest BCUT2D eigenvalue weighted by molar-refractivity contribution is 7.85. The van der Waals surface area contributed by atoms with Crippen LogP contribution in [-0.2, 0) is 10.1 Å². The van der Waals surface area contributed by atoms with Gasteiger partial charge in [0.15, 0.2) is 0 Å². The van der Waals surface area contributed by atoms with E-state index >= 15 is 0 Å². The lowest BCUT2D eigenvalue weighted by Gasteiger charge is -2.14. The van der Waals surface area contributed by atoms with Crippen molar-refractivity contribution in [2.75, 3.05) is 0 Å². The molecule has 30 heavy (non-hydrogen) atoms. The molecule has 0 unspecified atom stereocenters. The molecular weight excluding hydrogens is 414 g/mol. The molecule has 3 rings (SSSR count). The van der Waals surface area contributed by atoms with Crippen molar-refractivity contribution in [1.82, 2.24) is 9.99 Å². The average Bonchev–Trinajstić information content (AvgIpc) is 3.27. The summed E-state index contributed by atoms with van der Waals surface area (Å²) in [5.74, 6) is -1.76. The largest absolute Gasteiger partial charge is 0.478 e. The van der Waals surface area contributed by atoms with E-state index < -0.39 is 27.1 Å². The molecule has 2 aromatic heterocycles. The fourth-order valence-corrected chi connectivity index (χ4v) is 3.29. The quantitative estimate of drug-likeness (QED) is 0.308. The molecule has 3 N–H and O–H groups in total. The lowest BCUT2D eigenvalue weighted by Crippen LogP contribution is -2.19. The summed E-state index contributed by atoms with van der Waals surface area (Å²) in [7, 11) is -4.48. The molecule has 2 heterocycles. The monoisotopic (exact) mass is 431 g/mol. The third-order valence-corrected chi connectivity index (χ3v) is 4.94. The van der Waals surface area contributed by atoms with Crippen LogP contribution in [0.15, 0.2) is 57.1 Å². The van der Waals surface area contributed by atoms with E-state index in [0.29, 0.717) is 5.69 Å². The third-order valence-electron chi connectivity index (χ3n) is 4.22. The number of aromatic carboxylic acids is 1. The zero-order chi connectivity index (χ0) is 22.1. The Morgan fingerprint density at radius 1 is 1.10 bits per heavy atom. The first-order valence-corrected chi connectivity index (χ1v) is 9.95. The third kappa shape index (κ3) is 4.31. The van der Waals surface area contributed by atoms with Crippen LogP contribution in [0.2, 0.25) is 0 Å². The van der Waals surface area contributed by atoms with E-state index in [1.54, 1.807) is 4.57 Å². The van der Waals surface area contributed by atoms with Crippen molar-refractivity contribution >= 4 is 28.2 Å². The van der Waals surface area contributed by atoms with Gasteiger partial charge in [-0.25, -0.2) is 10.2 Å². The van der Waals surface area contributed by atoms with Crippen LogP contribution in [0.4, 0.5) is 0 Å². The first-order valence-electron chi connectivity index (χ1n) is 8.51. The number of furan rings is 1. The van der Waals surface area contributed by atoms with E-state index in [2.05, 4.69) is 10.5 Å². The summed E-state index contributed by atoms with van der Waals surface area (Å²) in [6.07, 6.45) is 1.05. The van der Waals surface area contributed by atoms with Crippen molar-refractivity contribution in [1.29, 1.82) is 0 Å². The number of carbonyl (C=O) groups is 2. The summed E-state index contributed by atoms with van der Waals surface area (Å²) in [6.45, 7) is 3.64. The molecule has 0 fully saturated rings. The predicted octanol–water partition coefficient (Wildman–Crippen LogP) is 2.40. The zero-order valence-corrected chi connectivity index (χ0v) is 16.7. The molecule has 0 bridgehead atoms. The number of benzene rings is 1. The number of hydrogen-bond donors (Lipinski definition) is 3. The second kappa shape index (κ2) is 7.97. The van der Waals surface area contributed by atoms with E-state index in [1.165, 1.54) is 24.3 Å². The average molecular weight is 431 g/mol. The van der Waals surface area contributed by atoms with Gasteiger partial charge in [0.25, 0.3) is 5.91 Å². The Morgan fingerprint density at radius 3 is 2.33 bits per heavy atom. The van der Waals surface area contributed by atoms with Gasteiger partial charge < -0.3 is 14.1 Å². The van der Waals surface area contributed by atoms with Crippen LogP contribution in [0, 0.1) is 13.8 Å². The van der Waals surface area contributed by atoms with Crippen LogP contribution >= 0.6 is 0 Å². The molecule has 11 heteroatoms. The molecule has 0 aliphatic heterocycles. The standard InChI is InChI=1S/C19H17N3O7S/c1-11-3-4-12(2)22(11)16-9-13(5-7-15(16)19(24)25)18(23)21-20-10-14-6-8-17(29-14)30(26,27)28/h3-10H,1-2H3,(H,21,23)(H,24,25)(H,26,27,28)/b20-10+. The lowest BCUT2D eigenvalue weighted by molar-refractivity contribution is 0.0696. The number of rotatable bonds is 6. The van der Waals surface area contributed by atoms with Gasteiger partial charge in [0.05, 0.1) is 17.5 Å². The maximum atomic E-state index is 12.4. The van der Waals surface area contributed by atoms with Crippen LogP contribution in [0.5, 0.6) is 0 Å². The smallest absolute Gasteiger partial charge is 0.337 e. The fourth-order valence-electron chi connectivity index (χ4n) is 2.85. The van der Waals surface area contributed by atoms with E-state index in [1.807, 2.05) is 26.0 Å². The predicted molar refractivity (Wildman–Crippen MR) is 106 cm³/mol. The topological polar surface area (TPSA) is 151 Å². The molecule has 0 atom stereocenters. The molecular formula is C19H17N3O7S. The number of aryl methyl sites for hydroxylation is 2. The van der Waals surface area contributed by atoms with Crippen molar-refractivity contribution in [3.05, 3.63) is 70.7 Å². The van der Waals surface area contributed by atoms with Crippen molar-refractivity contribution in [3.8, 4) is 5.69 Å². The maximum Gasteiger partial charge on any atom is 0.337 e. The number of carboxylic acid groups (broad SMARTS) is 1. The van der Waals surface area contributed by atoms with Crippen molar-refractivity contribution in [2.45, 2.75) is 18.9 Å². The van der Waals surface area contributed by atoms with Gasteiger partial charge in [0, 0.05) is 17.0 Å². The van der Waals surface area contributed by atoms with Gasteiger partial charge in [-0.05, 0) is 56.3 Å². The minimum atomic E-state index is -4.48. The number of aromatic nitrogens is 1. The van der Waals surface area contributed by atoms with E-state index in [0.717, 1.165) is 23.7 Å². The van der Waals surface area contributed by atoms with Crippen LogP contribution in [-0.4, -0.2) is 40.7 Å². The first kappa shape index (κ1) is 21.0. The summed E-state index contributed by atoms with van der Waals surface area (Å²) < 4.78 is 37.4. The van der Waals surface area contributed by atoms with Gasteiger partial charge >= 0.3 is 16.1 Å². The fraction of sp³-hybridized carbons (Fsp3) is 0.105. The number of carbonyl (C=O) groups excluding carboxylic acids is 1. The second-order valence-electron chi connectivity index (χ2n) is 6.32. The highest BCUT2D eigenvalue weighted by Crippen LogP contribution is 2.22. The van der Waals surface area contributed by atoms with Gasteiger partial charge in [-0.15, -0.1) is 0 Å². The van der Waals surface area contributed by atoms with E-state index in [9.17, 15) is 23.1 Å². The van der Waals surface area contributed by atoms with Crippen LogP contribution in [0.3, 0.4) is 0 Å². The maximum absolute atomic E-state index is 12.4. The number of hydrazone groups is 1. The van der Waals surface area contributed by atoms with E-state index in [-0.39, 0.29) is 16.9 Å². The van der Waals surface area contributed by atoms with Gasteiger partial charge in [-0.1, -0.05) is 0 Å². The number of nitrogens with zero attached hydrogens (tertiary/aromatic N) is 2. The van der Waals surface area contributed by atoms with Crippen LogP contribution < -0.4 is 5.43 Å². The Kier molecular flexibility index (Phi) is 5.58. The molecule has 0 aliphatic rings. The Balaban J connectivity index is 1.85. The Morgan fingerprint density at radius 2 is 1.77 bits per heavy atom. The van der Waals surface area contributed by atoms with Crippen LogP contribution in [0.1, 0.15) is 37.9 Å². The molecule has 3 aromatic rings. The Labute approximate surface area is 171 Å². The highest BCUT2D eigenvalue weighted by atomic mass is 32.2. The minimum Gasteiger partial charge on any atom is -0.478 e.